The molecule has 2 rings (SSSR count). The van der Waals surface area contributed by atoms with E-state index in [1.54, 1.807) is 12.1 Å². The Bertz CT molecular complexity index is 667. The van der Waals surface area contributed by atoms with Crippen LogP contribution in [0.2, 0.25) is 0 Å². The number of hydrogen-bond acceptors (Lipinski definition) is 2. The molecule has 0 unspecified atom stereocenters. The second kappa shape index (κ2) is 6.11. The van der Waals surface area contributed by atoms with Crippen LogP contribution in [0.3, 0.4) is 0 Å². The number of rotatable bonds is 5. The predicted molar refractivity (Wildman–Crippen MR) is 71.7 cm³/mol. The minimum Gasteiger partial charge on any atom is -0.211 e. The van der Waals surface area contributed by atoms with Crippen molar-refractivity contribution in [2.24, 2.45) is 0 Å². The second-order valence-electron chi connectivity index (χ2n) is 4.23. The molecule has 0 spiro atoms. The molecule has 0 heterocycles. The van der Waals surface area contributed by atoms with E-state index in [0.717, 1.165) is 17.7 Å². The third kappa shape index (κ3) is 3.85. The summed E-state index contributed by atoms with van der Waals surface area (Å²) in [4.78, 5) is 0.0120. The van der Waals surface area contributed by atoms with Gasteiger partial charge in [-0.25, -0.2) is 21.9 Å². The summed E-state index contributed by atoms with van der Waals surface area (Å²) in [6.07, 6.45) is 0.445. The van der Waals surface area contributed by atoms with E-state index in [4.69, 9.17) is 0 Å². The molecular weight excluding hydrogens is 284 g/mol. The van der Waals surface area contributed by atoms with Crippen LogP contribution in [0.1, 0.15) is 5.56 Å². The van der Waals surface area contributed by atoms with Crippen molar-refractivity contribution in [3.8, 4) is 0 Å². The summed E-state index contributed by atoms with van der Waals surface area (Å²) in [7, 11) is -3.65. The standard InChI is InChI=1S/C14H13F2NO2S/c15-12-3-1-11(2-4-12)9-10-17-20(18,19)14-7-5-13(16)6-8-14/h1-8,17H,9-10H2. The van der Waals surface area contributed by atoms with Crippen molar-refractivity contribution in [2.45, 2.75) is 11.3 Å². The van der Waals surface area contributed by atoms with Crippen LogP contribution in [0.25, 0.3) is 0 Å². The van der Waals surface area contributed by atoms with Crippen LogP contribution < -0.4 is 4.72 Å². The lowest BCUT2D eigenvalue weighted by atomic mass is 10.1. The van der Waals surface area contributed by atoms with Gasteiger partial charge in [-0.05, 0) is 48.4 Å². The van der Waals surface area contributed by atoms with Crippen molar-refractivity contribution in [3.63, 3.8) is 0 Å². The van der Waals surface area contributed by atoms with E-state index in [1.807, 2.05) is 0 Å². The zero-order valence-electron chi connectivity index (χ0n) is 10.5. The molecule has 1 N–H and O–H groups in total. The molecule has 0 aromatic heterocycles. The van der Waals surface area contributed by atoms with Crippen molar-refractivity contribution in [2.75, 3.05) is 6.54 Å². The smallest absolute Gasteiger partial charge is 0.211 e. The topological polar surface area (TPSA) is 46.2 Å². The first-order valence-corrected chi connectivity index (χ1v) is 7.45. The Labute approximate surface area is 116 Å². The van der Waals surface area contributed by atoms with E-state index in [2.05, 4.69) is 4.72 Å². The van der Waals surface area contributed by atoms with Gasteiger partial charge >= 0.3 is 0 Å². The van der Waals surface area contributed by atoms with Gasteiger partial charge in [-0.1, -0.05) is 12.1 Å². The number of hydrogen-bond donors (Lipinski definition) is 1. The van der Waals surface area contributed by atoms with Gasteiger partial charge in [0.1, 0.15) is 11.6 Å². The van der Waals surface area contributed by atoms with Gasteiger partial charge in [0, 0.05) is 6.54 Å². The summed E-state index contributed by atoms with van der Waals surface area (Å²) >= 11 is 0. The fraction of sp³-hybridized carbons (Fsp3) is 0.143. The van der Waals surface area contributed by atoms with Gasteiger partial charge in [0.25, 0.3) is 0 Å². The number of nitrogens with one attached hydrogen (secondary N) is 1. The Morgan fingerprint density at radius 1 is 0.850 bits per heavy atom. The number of halogens is 2. The Morgan fingerprint density at radius 2 is 1.35 bits per heavy atom. The molecule has 0 saturated heterocycles. The predicted octanol–water partition coefficient (Wildman–Crippen LogP) is 2.49. The minimum atomic E-state index is -3.65. The average molecular weight is 297 g/mol. The summed E-state index contributed by atoms with van der Waals surface area (Å²) in [6, 6.07) is 10.4. The second-order valence-corrected chi connectivity index (χ2v) is 6.00. The van der Waals surface area contributed by atoms with E-state index in [0.29, 0.717) is 6.42 Å². The molecule has 0 saturated carbocycles. The van der Waals surface area contributed by atoms with E-state index in [-0.39, 0.29) is 17.3 Å². The molecule has 0 aliphatic rings. The van der Waals surface area contributed by atoms with Crippen LogP contribution in [-0.4, -0.2) is 15.0 Å². The first-order valence-electron chi connectivity index (χ1n) is 5.97. The average Bonchev–Trinajstić information content (AvgIpc) is 2.41. The Hall–Kier alpha value is -1.79. The lowest BCUT2D eigenvalue weighted by Crippen LogP contribution is -2.26. The lowest BCUT2D eigenvalue weighted by molar-refractivity contribution is 0.580. The normalized spacial score (nSPS) is 11.5. The summed E-state index contributed by atoms with van der Waals surface area (Å²) < 4.78 is 51.6. The molecular formula is C14H13F2NO2S. The summed E-state index contributed by atoms with van der Waals surface area (Å²) in [6.45, 7) is 0.186. The fourth-order valence-electron chi connectivity index (χ4n) is 1.68. The SMILES string of the molecule is O=S(=O)(NCCc1ccc(F)cc1)c1ccc(F)cc1. The number of sulfonamides is 1. The van der Waals surface area contributed by atoms with Gasteiger partial charge in [-0.3, -0.25) is 0 Å². The molecule has 0 atom stereocenters. The van der Waals surface area contributed by atoms with Crippen LogP contribution in [0.15, 0.2) is 53.4 Å². The molecule has 0 aliphatic heterocycles. The molecule has 2 aromatic rings. The van der Waals surface area contributed by atoms with E-state index >= 15 is 0 Å². The van der Waals surface area contributed by atoms with Crippen LogP contribution in [0.4, 0.5) is 8.78 Å². The van der Waals surface area contributed by atoms with E-state index in [1.165, 1.54) is 24.3 Å². The summed E-state index contributed by atoms with van der Waals surface area (Å²) in [5.74, 6) is -0.823. The zero-order valence-corrected chi connectivity index (χ0v) is 11.3. The molecule has 0 aliphatic carbocycles. The molecule has 0 bridgehead atoms. The molecule has 0 radical (unpaired) electrons. The highest BCUT2D eigenvalue weighted by Gasteiger charge is 2.12. The molecule has 0 amide bonds. The van der Waals surface area contributed by atoms with E-state index in [9.17, 15) is 17.2 Å². The van der Waals surface area contributed by atoms with Gasteiger partial charge in [0.2, 0.25) is 10.0 Å². The first-order chi connectivity index (χ1) is 9.47. The van der Waals surface area contributed by atoms with Gasteiger partial charge < -0.3 is 0 Å². The van der Waals surface area contributed by atoms with Crippen molar-refractivity contribution in [3.05, 3.63) is 65.7 Å². The highest BCUT2D eigenvalue weighted by Crippen LogP contribution is 2.10. The minimum absolute atomic E-state index is 0.0120. The largest absolute Gasteiger partial charge is 0.240 e. The van der Waals surface area contributed by atoms with Crippen molar-refractivity contribution >= 4 is 10.0 Å². The van der Waals surface area contributed by atoms with Crippen LogP contribution >= 0.6 is 0 Å². The highest BCUT2D eigenvalue weighted by molar-refractivity contribution is 7.89. The lowest BCUT2D eigenvalue weighted by Gasteiger charge is -2.06. The molecule has 3 nitrogen and oxygen atoms in total. The fourth-order valence-corrected chi connectivity index (χ4v) is 2.71. The van der Waals surface area contributed by atoms with Crippen LogP contribution in [-0.2, 0) is 16.4 Å². The van der Waals surface area contributed by atoms with Crippen molar-refractivity contribution in [1.29, 1.82) is 0 Å². The van der Waals surface area contributed by atoms with Crippen LogP contribution in [0, 0.1) is 11.6 Å². The maximum absolute atomic E-state index is 12.7. The monoisotopic (exact) mass is 297 g/mol. The van der Waals surface area contributed by atoms with Gasteiger partial charge in [-0.15, -0.1) is 0 Å². The van der Waals surface area contributed by atoms with E-state index < -0.39 is 15.8 Å². The molecule has 20 heavy (non-hydrogen) atoms. The van der Waals surface area contributed by atoms with Gasteiger partial charge in [0.15, 0.2) is 0 Å². The molecule has 6 heteroatoms. The molecule has 106 valence electrons. The summed E-state index contributed by atoms with van der Waals surface area (Å²) in [5, 5.41) is 0. The third-order valence-corrected chi connectivity index (χ3v) is 4.22. The zero-order chi connectivity index (χ0) is 14.6. The Morgan fingerprint density at radius 3 is 1.90 bits per heavy atom. The molecule has 2 aromatic carbocycles. The maximum atomic E-state index is 12.7. The third-order valence-electron chi connectivity index (χ3n) is 2.74. The quantitative estimate of drug-likeness (QED) is 0.921. The Balaban J connectivity index is 1.96. The first kappa shape index (κ1) is 14.6. The number of benzene rings is 2. The van der Waals surface area contributed by atoms with Crippen molar-refractivity contribution in [1.82, 2.24) is 4.72 Å². The maximum Gasteiger partial charge on any atom is 0.240 e. The Kier molecular flexibility index (Phi) is 4.46. The van der Waals surface area contributed by atoms with Gasteiger partial charge in [0.05, 0.1) is 4.90 Å². The molecule has 0 fully saturated rings. The van der Waals surface area contributed by atoms with Crippen molar-refractivity contribution < 1.29 is 17.2 Å². The highest BCUT2D eigenvalue weighted by atomic mass is 32.2. The van der Waals surface area contributed by atoms with Gasteiger partial charge in [-0.2, -0.15) is 0 Å². The summed E-state index contributed by atoms with van der Waals surface area (Å²) in [5.41, 5.74) is 0.827. The van der Waals surface area contributed by atoms with Crippen LogP contribution in [0.5, 0.6) is 0 Å².